The second kappa shape index (κ2) is 2.22. The van der Waals surface area contributed by atoms with Crippen LogP contribution in [0.25, 0.3) is 5.57 Å². The lowest BCUT2D eigenvalue weighted by atomic mass is 10.0. The van der Waals surface area contributed by atoms with Crippen LogP contribution in [0.3, 0.4) is 0 Å². The molecular weight excluding hydrogens is 144 g/mol. The fraction of sp³-hybridized carbons (Fsp3) is 0.333. The lowest BCUT2D eigenvalue weighted by molar-refractivity contribution is 1.15. The average Bonchev–Trinajstić information content (AvgIpc) is 2.86. The van der Waals surface area contributed by atoms with Gasteiger partial charge in [0, 0.05) is 0 Å². The zero-order valence-electron chi connectivity index (χ0n) is 7.09. The van der Waals surface area contributed by atoms with Gasteiger partial charge in [-0.2, -0.15) is 0 Å². The van der Waals surface area contributed by atoms with Gasteiger partial charge in [-0.1, -0.05) is 30.3 Å². The molecular formula is C12H12. The molecule has 0 N–H and O–H groups in total. The van der Waals surface area contributed by atoms with Crippen LogP contribution in [-0.4, -0.2) is 0 Å². The minimum atomic E-state index is 0.911. The highest BCUT2D eigenvalue weighted by Crippen LogP contribution is 2.45. The number of hydrogen-bond donors (Lipinski definition) is 0. The fourth-order valence-electron chi connectivity index (χ4n) is 2.09. The monoisotopic (exact) mass is 156 g/mol. The average molecular weight is 156 g/mol. The highest BCUT2D eigenvalue weighted by molar-refractivity contribution is 5.75. The van der Waals surface area contributed by atoms with Crippen molar-refractivity contribution in [2.75, 3.05) is 0 Å². The summed E-state index contributed by atoms with van der Waals surface area (Å²) in [6, 6.07) is 8.82. The van der Waals surface area contributed by atoms with Crippen LogP contribution in [0, 0.1) is 5.92 Å². The fourth-order valence-corrected chi connectivity index (χ4v) is 2.09. The molecule has 12 heavy (non-hydrogen) atoms. The minimum absolute atomic E-state index is 0.911. The molecule has 1 aromatic carbocycles. The van der Waals surface area contributed by atoms with Crippen molar-refractivity contribution in [2.45, 2.75) is 19.3 Å². The first-order valence-electron chi connectivity index (χ1n) is 4.73. The molecule has 1 aromatic rings. The van der Waals surface area contributed by atoms with Gasteiger partial charge in [-0.3, -0.25) is 0 Å². The molecule has 0 atom stereocenters. The third kappa shape index (κ3) is 0.842. The normalized spacial score (nSPS) is 20.5. The molecule has 1 saturated carbocycles. The van der Waals surface area contributed by atoms with Crippen molar-refractivity contribution in [1.82, 2.24) is 0 Å². The number of rotatable bonds is 1. The predicted molar refractivity (Wildman–Crippen MR) is 50.8 cm³/mol. The molecule has 0 heterocycles. The maximum Gasteiger partial charge on any atom is -0.00853 e. The molecule has 1 fully saturated rings. The van der Waals surface area contributed by atoms with E-state index in [2.05, 4.69) is 30.3 Å². The zero-order chi connectivity index (χ0) is 7.97. The van der Waals surface area contributed by atoms with Gasteiger partial charge < -0.3 is 0 Å². The smallest absolute Gasteiger partial charge is 0.00853 e. The lowest BCUT2D eigenvalue weighted by Crippen LogP contribution is -1.84. The van der Waals surface area contributed by atoms with E-state index in [9.17, 15) is 0 Å². The Balaban J connectivity index is 2.08. The first-order chi connectivity index (χ1) is 5.95. The zero-order valence-corrected chi connectivity index (χ0v) is 7.09. The van der Waals surface area contributed by atoms with Crippen LogP contribution in [-0.2, 0) is 6.42 Å². The second-order valence-corrected chi connectivity index (χ2v) is 3.80. The number of allylic oxidation sites excluding steroid dienone is 2. The van der Waals surface area contributed by atoms with Gasteiger partial charge in [-0.15, -0.1) is 0 Å². The summed E-state index contributed by atoms with van der Waals surface area (Å²) in [4.78, 5) is 0. The minimum Gasteiger partial charge on any atom is -0.0760 e. The Morgan fingerprint density at radius 3 is 2.75 bits per heavy atom. The van der Waals surface area contributed by atoms with E-state index in [1.165, 1.54) is 30.4 Å². The molecule has 0 saturated heterocycles. The second-order valence-electron chi connectivity index (χ2n) is 3.80. The van der Waals surface area contributed by atoms with E-state index < -0.39 is 0 Å². The van der Waals surface area contributed by atoms with Gasteiger partial charge in [-0.05, 0) is 41.9 Å². The molecule has 3 rings (SSSR count). The van der Waals surface area contributed by atoms with Crippen LogP contribution in [0.5, 0.6) is 0 Å². The van der Waals surface area contributed by atoms with Gasteiger partial charge in [0.15, 0.2) is 0 Å². The molecule has 0 heteroatoms. The summed E-state index contributed by atoms with van der Waals surface area (Å²) in [7, 11) is 0. The largest absolute Gasteiger partial charge is 0.0760 e. The Bertz CT molecular complexity index is 343. The van der Waals surface area contributed by atoms with Crippen molar-refractivity contribution in [1.29, 1.82) is 0 Å². The summed E-state index contributed by atoms with van der Waals surface area (Å²) in [5, 5.41) is 0. The topological polar surface area (TPSA) is 0 Å². The van der Waals surface area contributed by atoms with Crippen molar-refractivity contribution < 1.29 is 0 Å². The molecule has 0 bridgehead atoms. The quantitative estimate of drug-likeness (QED) is 0.586. The van der Waals surface area contributed by atoms with E-state index in [0.29, 0.717) is 0 Å². The highest BCUT2D eigenvalue weighted by Gasteiger charge is 2.29. The highest BCUT2D eigenvalue weighted by atomic mass is 14.3. The predicted octanol–water partition coefficient (Wildman–Crippen LogP) is 3.04. The Kier molecular flexibility index (Phi) is 1.20. The summed E-state index contributed by atoms with van der Waals surface area (Å²) in [6.07, 6.45) is 6.42. The molecule has 60 valence electrons. The number of benzene rings is 1. The summed E-state index contributed by atoms with van der Waals surface area (Å²) in [5.74, 6) is 0.911. The van der Waals surface area contributed by atoms with Crippen LogP contribution in [0.15, 0.2) is 30.3 Å². The van der Waals surface area contributed by atoms with Crippen LogP contribution >= 0.6 is 0 Å². The standard InChI is InChI=1S/C12H12/c1-2-4-11-9(3-1)7-8-12(11)10-5-6-10/h1-4,8,10H,5-7H2. The summed E-state index contributed by atoms with van der Waals surface area (Å²) >= 11 is 0. The maximum atomic E-state index is 2.42. The van der Waals surface area contributed by atoms with Crippen LogP contribution in [0.2, 0.25) is 0 Å². The van der Waals surface area contributed by atoms with E-state index in [0.717, 1.165) is 5.92 Å². The van der Waals surface area contributed by atoms with Gasteiger partial charge in [0.2, 0.25) is 0 Å². The van der Waals surface area contributed by atoms with Gasteiger partial charge in [0.05, 0.1) is 0 Å². The molecule has 0 spiro atoms. The summed E-state index contributed by atoms with van der Waals surface area (Å²) in [6.45, 7) is 0. The third-order valence-corrected chi connectivity index (χ3v) is 2.89. The Hall–Kier alpha value is -1.04. The van der Waals surface area contributed by atoms with Gasteiger partial charge in [0.1, 0.15) is 0 Å². The van der Waals surface area contributed by atoms with Crippen molar-refractivity contribution in [2.24, 2.45) is 5.92 Å². The molecule has 2 aliphatic rings. The van der Waals surface area contributed by atoms with E-state index in [-0.39, 0.29) is 0 Å². The SMILES string of the molecule is C1=C(C2CC2)c2ccccc2C1. The van der Waals surface area contributed by atoms with E-state index >= 15 is 0 Å². The van der Waals surface area contributed by atoms with Gasteiger partial charge in [0.25, 0.3) is 0 Å². The summed E-state index contributed by atoms with van der Waals surface area (Å²) in [5.41, 5.74) is 4.69. The Morgan fingerprint density at radius 2 is 1.92 bits per heavy atom. The van der Waals surface area contributed by atoms with E-state index in [1.54, 1.807) is 5.57 Å². The van der Waals surface area contributed by atoms with Crippen LogP contribution in [0.4, 0.5) is 0 Å². The molecule has 0 radical (unpaired) electrons. The van der Waals surface area contributed by atoms with Crippen molar-refractivity contribution in [3.63, 3.8) is 0 Å². The summed E-state index contributed by atoms with van der Waals surface area (Å²) < 4.78 is 0. The third-order valence-electron chi connectivity index (χ3n) is 2.89. The van der Waals surface area contributed by atoms with Crippen LogP contribution in [0.1, 0.15) is 24.0 Å². The van der Waals surface area contributed by atoms with Crippen molar-refractivity contribution >= 4 is 5.57 Å². The van der Waals surface area contributed by atoms with E-state index in [4.69, 9.17) is 0 Å². The molecule has 0 aromatic heterocycles. The molecule has 2 aliphatic carbocycles. The molecule has 0 unspecified atom stereocenters. The number of hydrogen-bond acceptors (Lipinski definition) is 0. The van der Waals surface area contributed by atoms with Gasteiger partial charge >= 0.3 is 0 Å². The molecule has 0 amide bonds. The van der Waals surface area contributed by atoms with Crippen molar-refractivity contribution in [3.05, 3.63) is 41.5 Å². The van der Waals surface area contributed by atoms with Gasteiger partial charge in [-0.25, -0.2) is 0 Å². The first kappa shape index (κ1) is 6.47. The molecule has 0 nitrogen and oxygen atoms in total. The first-order valence-corrected chi connectivity index (χ1v) is 4.73. The molecule has 0 aliphatic heterocycles. The number of fused-ring (bicyclic) bond motifs is 1. The lowest BCUT2D eigenvalue weighted by Gasteiger charge is -2.02. The Labute approximate surface area is 72.9 Å². The van der Waals surface area contributed by atoms with E-state index in [1.807, 2.05) is 0 Å². The Morgan fingerprint density at radius 1 is 1.08 bits per heavy atom. The van der Waals surface area contributed by atoms with Crippen molar-refractivity contribution in [3.8, 4) is 0 Å². The maximum absolute atomic E-state index is 2.42. The van der Waals surface area contributed by atoms with Crippen LogP contribution < -0.4 is 0 Å².